The molecule has 5 nitrogen and oxygen atoms in total. The van der Waals surface area contributed by atoms with E-state index in [-0.39, 0.29) is 6.04 Å². The van der Waals surface area contributed by atoms with E-state index in [1.54, 1.807) is 6.07 Å². The number of aromatic carboxylic acids is 1. The van der Waals surface area contributed by atoms with Gasteiger partial charge in [-0.15, -0.1) is 0 Å². The van der Waals surface area contributed by atoms with Crippen LogP contribution in [0.1, 0.15) is 66.8 Å². The lowest BCUT2D eigenvalue weighted by Gasteiger charge is -2.10. The average molecular weight is 273 g/mol. The zero-order valence-electron chi connectivity index (χ0n) is 12.1. The number of carboxylic acids is 1. The minimum atomic E-state index is -0.897. The van der Waals surface area contributed by atoms with Gasteiger partial charge in [0.25, 0.3) is 0 Å². The minimum Gasteiger partial charge on any atom is -0.478 e. The van der Waals surface area contributed by atoms with Crippen LogP contribution >= 0.6 is 0 Å². The fourth-order valence-electron chi connectivity index (χ4n) is 2.58. The highest BCUT2D eigenvalue weighted by atomic mass is 16.4. The molecule has 1 aliphatic rings. The molecule has 1 saturated carbocycles. The van der Waals surface area contributed by atoms with Gasteiger partial charge in [-0.05, 0) is 39.2 Å². The van der Waals surface area contributed by atoms with E-state index in [2.05, 4.69) is 18.8 Å². The van der Waals surface area contributed by atoms with Crippen molar-refractivity contribution < 1.29 is 9.90 Å². The number of fused-ring (bicyclic) bond motifs is 1. The smallest absolute Gasteiger partial charge is 0.336 e. The van der Waals surface area contributed by atoms with Gasteiger partial charge < -0.3 is 5.11 Å². The number of nitrogens with zero attached hydrogens (tertiary/aromatic N) is 3. The molecule has 0 aliphatic heterocycles. The molecule has 0 aromatic carbocycles. The fraction of sp³-hybridized carbons (Fsp3) is 0.533. The molecule has 2 heterocycles. The van der Waals surface area contributed by atoms with Gasteiger partial charge in [0, 0.05) is 11.6 Å². The summed E-state index contributed by atoms with van der Waals surface area (Å²) in [6.45, 7) is 6.02. The quantitative estimate of drug-likeness (QED) is 0.928. The Balaban J connectivity index is 2.35. The van der Waals surface area contributed by atoms with Gasteiger partial charge in [0.05, 0.1) is 22.7 Å². The third kappa shape index (κ3) is 1.97. The lowest BCUT2D eigenvalue weighted by atomic mass is 10.1. The standard InChI is InChI=1S/C15H19N3O2/c1-4-9(3)18-14-12(13(17-18)10-5-6-10)11(15(19)20)7-8(2)16-14/h7,9-10H,4-6H2,1-3H3,(H,19,20). The molecular formula is C15H19N3O2. The summed E-state index contributed by atoms with van der Waals surface area (Å²) in [5, 5.41) is 14.9. The van der Waals surface area contributed by atoms with E-state index in [4.69, 9.17) is 5.10 Å². The second-order valence-electron chi connectivity index (χ2n) is 5.68. The predicted molar refractivity (Wildman–Crippen MR) is 76.2 cm³/mol. The van der Waals surface area contributed by atoms with Gasteiger partial charge >= 0.3 is 5.97 Å². The largest absolute Gasteiger partial charge is 0.478 e. The van der Waals surface area contributed by atoms with Crippen LogP contribution in [0.4, 0.5) is 0 Å². The molecule has 0 bridgehead atoms. The van der Waals surface area contributed by atoms with E-state index in [0.717, 1.165) is 41.7 Å². The highest BCUT2D eigenvalue weighted by molar-refractivity contribution is 6.03. The predicted octanol–water partition coefficient (Wildman–Crippen LogP) is 3.29. The zero-order chi connectivity index (χ0) is 14.4. The molecule has 2 aromatic rings. The van der Waals surface area contributed by atoms with Crippen molar-refractivity contribution in [2.24, 2.45) is 0 Å². The molecule has 0 amide bonds. The molecule has 1 fully saturated rings. The van der Waals surface area contributed by atoms with Crippen molar-refractivity contribution in [3.05, 3.63) is 23.0 Å². The molecule has 0 saturated heterocycles. The maximum absolute atomic E-state index is 11.5. The van der Waals surface area contributed by atoms with Crippen LogP contribution in [0.15, 0.2) is 6.07 Å². The van der Waals surface area contributed by atoms with Crippen LogP contribution in [0, 0.1) is 6.92 Å². The Bertz CT molecular complexity index is 686. The molecule has 106 valence electrons. The molecule has 1 atom stereocenters. The van der Waals surface area contributed by atoms with Gasteiger partial charge in [0.2, 0.25) is 0 Å². The lowest BCUT2D eigenvalue weighted by Crippen LogP contribution is -2.07. The summed E-state index contributed by atoms with van der Waals surface area (Å²) in [7, 11) is 0. The van der Waals surface area contributed by atoms with Crippen molar-refractivity contribution >= 4 is 17.0 Å². The maximum Gasteiger partial charge on any atom is 0.336 e. The summed E-state index contributed by atoms with van der Waals surface area (Å²) in [6.07, 6.45) is 3.14. The summed E-state index contributed by atoms with van der Waals surface area (Å²) in [4.78, 5) is 16.1. The van der Waals surface area contributed by atoms with E-state index < -0.39 is 5.97 Å². The molecule has 1 N–H and O–H groups in total. The maximum atomic E-state index is 11.5. The number of aryl methyl sites for hydroxylation is 1. The highest BCUT2D eigenvalue weighted by Crippen LogP contribution is 2.43. The van der Waals surface area contributed by atoms with Crippen LogP contribution in [-0.4, -0.2) is 25.8 Å². The lowest BCUT2D eigenvalue weighted by molar-refractivity contribution is 0.0698. The Morgan fingerprint density at radius 3 is 2.80 bits per heavy atom. The Morgan fingerprint density at radius 1 is 1.55 bits per heavy atom. The van der Waals surface area contributed by atoms with Crippen molar-refractivity contribution in [3.63, 3.8) is 0 Å². The van der Waals surface area contributed by atoms with E-state index >= 15 is 0 Å². The molecule has 5 heteroatoms. The Hall–Kier alpha value is -1.91. The zero-order valence-corrected chi connectivity index (χ0v) is 12.1. The van der Waals surface area contributed by atoms with Crippen LogP contribution in [0.2, 0.25) is 0 Å². The van der Waals surface area contributed by atoms with E-state index in [9.17, 15) is 9.90 Å². The summed E-state index contributed by atoms with van der Waals surface area (Å²) in [6, 6.07) is 1.88. The summed E-state index contributed by atoms with van der Waals surface area (Å²) >= 11 is 0. The average Bonchev–Trinajstić information content (AvgIpc) is 3.18. The van der Waals surface area contributed by atoms with Crippen molar-refractivity contribution in [2.45, 2.75) is 52.0 Å². The topological polar surface area (TPSA) is 68.0 Å². The van der Waals surface area contributed by atoms with Gasteiger partial charge in [0.15, 0.2) is 5.65 Å². The highest BCUT2D eigenvalue weighted by Gasteiger charge is 2.32. The normalized spacial score (nSPS) is 16.6. The molecule has 20 heavy (non-hydrogen) atoms. The van der Waals surface area contributed by atoms with Gasteiger partial charge in [-0.3, -0.25) is 0 Å². The van der Waals surface area contributed by atoms with Gasteiger partial charge in [-0.25, -0.2) is 14.5 Å². The van der Waals surface area contributed by atoms with Gasteiger partial charge in [-0.2, -0.15) is 5.10 Å². The summed E-state index contributed by atoms with van der Waals surface area (Å²) < 4.78 is 1.91. The Labute approximate surface area is 117 Å². The Morgan fingerprint density at radius 2 is 2.25 bits per heavy atom. The van der Waals surface area contributed by atoms with Crippen LogP contribution in [0.5, 0.6) is 0 Å². The number of carboxylic acid groups (broad SMARTS) is 1. The third-order valence-electron chi connectivity index (χ3n) is 4.02. The van der Waals surface area contributed by atoms with Crippen molar-refractivity contribution in [3.8, 4) is 0 Å². The Kier molecular flexibility index (Phi) is 3.00. The molecule has 0 radical (unpaired) electrons. The molecule has 0 spiro atoms. The summed E-state index contributed by atoms with van der Waals surface area (Å²) in [5.41, 5.74) is 2.70. The van der Waals surface area contributed by atoms with E-state index in [1.807, 2.05) is 11.6 Å². The first kappa shape index (κ1) is 13.1. The number of pyridine rings is 1. The second-order valence-corrected chi connectivity index (χ2v) is 5.68. The minimum absolute atomic E-state index is 0.223. The van der Waals surface area contributed by atoms with Crippen molar-refractivity contribution in [1.82, 2.24) is 14.8 Å². The van der Waals surface area contributed by atoms with Gasteiger partial charge in [-0.1, -0.05) is 6.92 Å². The number of carbonyl (C=O) groups is 1. The van der Waals surface area contributed by atoms with Gasteiger partial charge in [0.1, 0.15) is 0 Å². The van der Waals surface area contributed by atoms with Crippen LogP contribution in [0.3, 0.4) is 0 Å². The van der Waals surface area contributed by atoms with Crippen molar-refractivity contribution in [2.75, 3.05) is 0 Å². The number of rotatable bonds is 4. The number of aromatic nitrogens is 3. The summed E-state index contributed by atoms with van der Waals surface area (Å²) in [5.74, 6) is -0.489. The first-order chi connectivity index (χ1) is 9.52. The second kappa shape index (κ2) is 4.58. The molecule has 3 rings (SSSR count). The van der Waals surface area contributed by atoms with Crippen LogP contribution in [0.25, 0.3) is 11.0 Å². The van der Waals surface area contributed by atoms with Crippen molar-refractivity contribution in [1.29, 1.82) is 0 Å². The SMILES string of the molecule is CCC(C)n1nc(C2CC2)c2c(C(=O)O)cc(C)nc21. The van der Waals surface area contributed by atoms with Crippen LogP contribution < -0.4 is 0 Å². The van der Waals surface area contributed by atoms with E-state index in [0.29, 0.717) is 11.5 Å². The third-order valence-corrected chi connectivity index (χ3v) is 4.02. The molecule has 1 aliphatic carbocycles. The fourth-order valence-corrected chi connectivity index (χ4v) is 2.58. The molecular weight excluding hydrogens is 254 g/mol. The monoisotopic (exact) mass is 273 g/mol. The molecule has 2 aromatic heterocycles. The first-order valence-electron chi connectivity index (χ1n) is 7.16. The number of hydrogen-bond donors (Lipinski definition) is 1. The molecule has 1 unspecified atom stereocenters. The van der Waals surface area contributed by atoms with Crippen LogP contribution in [-0.2, 0) is 0 Å². The first-order valence-corrected chi connectivity index (χ1v) is 7.16. The number of hydrogen-bond acceptors (Lipinski definition) is 3. The van der Waals surface area contributed by atoms with E-state index in [1.165, 1.54) is 0 Å².